The molecule has 2 atom stereocenters. The number of hydrogen-bond acceptors (Lipinski definition) is 5. The van der Waals surface area contributed by atoms with Gasteiger partial charge in [-0.25, -0.2) is 0 Å². The second-order valence-corrected chi connectivity index (χ2v) is 8.19. The van der Waals surface area contributed by atoms with Gasteiger partial charge in [-0.2, -0.15) is 0 Å². The Morgan fingerprint density at radius 3 is 2.48 bits per heavy atom. The summed E-state index contributed by atoms with van der Waals surface area (Å²) < 4.78 is 11.1. The second-order valence-electron chi connectivity index (χ2n) is 7.79. The van der Waals surface area contributed by atoms with Gasteiger partial charge in [0.1, 0.15) is 5.75 Å². The van der Waals surface area contributed by atoms with E-state index in [0.717, 1.165) is 45.6 Å². The zero-order valence-corrected chi connectivity index (χ0v) is 17.2. The van der Waals surface area contributed by atoms with Crippen molar-refractivity contribution in [2.24, 2.45) is 5.92 Å². The number of hydrogen-bond donors (Lipinski definition) is 1. The number of amides is 1. The highest BCUT2D eigenvalue weighted by Crippen LogP contribution is 2.31. The molecule has 0 aliphatic carbocycles. The van der Waals surface area contributed by atoms with Crippen LogP contribution in [0, 0.1) is 5.92 Å². The Balaban J connectivity index is 1.57. The highest BCUT2D eigenvalue weighted by molar-refractivity contribution is 6.33. The SMILES string of the molecule is COc1cc(N)c(Cl)cc1C(=O)N1CCC(CN2CC(C)OC(C)C2)CC1. The van der Waals surface area contributed by atoms with Crippen molar-refractivity contribution in [3.05, 3.63) is 22.7 Å². The summed E-state index contributed by atoms with van der Waals surface area (Å²) in [6.07, 6.45) is 2.60. The number of morpholine rings is 1. The normalized spacial score (nSPS) is 24.8. The van der Waals surface area contributed by atoms with Crippen molar-refractivity contribution < 1.29 is 14.3 Å². The van der Waals surface area contributed by atoms with Crippen LogP contribution in [-0.2, 0) is 4.74 Å². The van der Waals surface area contributed by atoms with Crippen molar-refractivity contribution in [2.45, 2.75) is 38.9 Å². The number of carbonyl (C=O) groups is 1. The Morgan fingerprint density at radius 2 is 1.89 bits per heavy atom. The lowest BCUT2D eigenvalue weighted by molar-refractivity contribution is -0.0728. The molecule has 2 aliphatic heterocycles. The maximum absolute atomic E-state index is 12.9. The highest BCUT2D eigenvalue weighted by Gasteiger charge is 2.29. The number of benzene rings is 1. The smallest absolute Gasteiger partial charge is 0.257 e. The first kappa shape index (κ1) is 20.2. The van der Waals surface area contributed by atoms with E-state index in [1.165, 1.54) is 7.11 Å². The van der Waals surface area contributed by atoms with E-state index in [0.29, 0.717) is 27.9 Å². The second kappa shape index (κ2) is 8.67. The first-order valence-corrected chi connectivity index (χ1v) is 10.0. The van der Waals surface area contributed by atoms with Gasteiger partial charge in [0.15, 0.2) is 0 Å². The molecule has 7 heteroatoms. The molecule has 2 heterocycles. The molecule has 6 nitrogen and oxygen atoms in total. The number of nitrogen functional groups attached to an aromatic ring is 1. The number of nitrogens with zero attached hydrogens (tertiary/aromatic N) is 2. The highest BCUT2D eigenvalue weighted by atomic mass is 35.5. The molecule has 1 aromatic carbocycles. The molecule has 1 amide bonds. The molecule has 2 unspecified atom stereocenters. The predicted octanol–water partition coefficient (Wildman–Crippen LogP) is 2.89. The van der Waals surface area contributed by atoms with Gasteiger partial charge in [0, 0.05) is 38.8 Å². The molecule has 3 rings (SSSR count). The van der Waals surface area contributed by atoms with Crippen molar-refractivity contribution in [3.63, 3.8) is 0 Å². The molecular formula is C20H30ClN3O3. The van der Waals surface area contributed by atoms with Crippen molar-refractivity contribution in [1.82, 2.24) is 9.80 Å². The van der Waals surface area contributed by atoms with Crippen LogP contribution in [0.5, 0.6) is 5.75 Å². The Hall–Kier alpha value is -1.50. The van der Waals surface area contributed by atoms with E-state index in [-0.39, 0.29) is 18.1 Å². The van der Waals surface area contributed by atoms with Gasteiger partial charge in [-0.3, -0.25) is 9.69 Å². The first-order valence-electron chi connectivity index (χ1n) is 9.67. The van der Waals surface area contributed by atoms with Crippen LogP contribution in [0.25, 0.3) is 0 Å². The third kappa shape index (κ3) is 4.86. The molecule has 0 radical (unpaired) electrons. The molecule has 2 N–H and O–H groups in total. The lowest BCUT2D eigenvalue weighted by Gasteiger charge is -2.39. The van der Waals surface area contributed by atoms with Crippen LogP contribution in [0.4, 0.5) is 5.69 Å². The summed E-state index contributed by atoms with van der Waals surface area (Å²) in [5, 5.41) is 0.379. The summed E-state index contributed by atoms with van der Waals surface area (Å²) in [7, 11) is 1.54. The van der Waals surface area contributed by atoms with Gasteiger partial charge in [0.25, 0.3) is 5.91 Å². The monoisotopic (exact) mass is 395 g/mol. The number of likely N-dealkylation sites (tertiary alicyclic amines) is 1. The number of ether oxygens (including phenoxy) is 2. The number of piperidine rings is 1. The van der Waals surface area contributed by atoms with Gasteiger partial charge in [0.2, 0.25) is 0 Å². The molecule has 2 saturated heterocycles. The van der Waals surface area contributed by atoms with Crippen LogP contribution in [0.2, 0.25) is 5.02 Å². The van der Waals surface area contributed by atoms with Crippen LogP contribution in [0.1, 0.15) is 37.0 Å². The van der Waals surface area contributed by atoms with Gasteiger partial charge in [-0.1, -0.05) is 11.6 Å². The maximum Gasteiger partial charge on any atom is 0.257 e. The zero-order valence-electron chi connectivity index (χ0n) is 16.4. The molecule has 2 aliphatic rings. The van der Waals surface area contributed by atoms with Crippen LogP contribution in [0.3, 0.4) is 0 Å². The molecular weight excluding hydrogens is 366 g/mol. The van der Waals surface area contributed by atoms with Gasteiger partial charge in [-0.15, -0.1) is 0 Å². The fraction of sp³-hybridized carbons (Fsp3) is 0.650. The van der Waals surface area contributed by atoms with Crippen LogP contribution < -0.4 is 10.5 Å². The summed E-state index contributed by atoms with van der Waals surface area (Å²) in [6.45, 7) is 8.84. The van der Waals surface area contributed by atoms with Crippen molar-refractivity contribution >= 4 is 23.2 Å². The van der Waals surface area contributed by atoms with Crippen LogP contribution >= 0.6 is 11.6 Å². The first-order chi connectivity index (χ1) is 12.9. The number of nitrogens with two attached hydrogens (primary N) is 1. The van der Waals surface area contributed by atoms with Gasteiger partial charge in [-0.05, 0) is 38.7 Å². The molecule has 0 bridgehead atoms. The summed E-state index contributed by atoms with van der Waals surface area (Å²) in [4.78, 5) is 17.3. The Morgan fingerprint density at radius 1 is 1.26 bits per heavy atom. The summed E-state index contributed by atoms with van der Waals surface area (Å²) in [5.41, 5.74) is 6.71. The fourth-order valence-corrected chi connectivity index (χ4v) is 4.36. The van der Waals surface area contributed by atoms with E-state index < -0.39 is 0 Å². The molecule has 150 valence electrons. The van der Waals surface area contributed by atoms with Gasteiger partial charge >= 0.3 is 0 Å². The summed E-state index contributed by atoms with van der Waals surface area (Å²) in [6, 6.07) is 3.23. The van der Waals surface area contributed by atoms with E-state index in [9.17, 15) is 4.79 Å². The number of halogens is 1. The minimum Gasteiger partial charge on any atom is -0.496 e. The molecule has 1 aromatic rings. The van der Waals surface area contributed by atoms with Gasteiger partial charge in [0.05, 0.1) is 35.6 Å². The van der Waals surface area contributed by atoms with E-state index >= 15 is 0 Å². The Labute approximate surface area is 166 Å². The average molecular weight is 396 g/mol. The largest absolute Gasteiger partial charge is 0.496 e. The lowest BCUT2D eigenvalue weighted by atomic mass is 9.95. The Bertz CT molecular complexity index is 667. The number of carbonyl (C=O) groups excluding carboxylic acids is 1. The molecule has 0 spiro atoms. The number of rotatable bonds is 4. The van der Waals surface area contributed by atoms with Crippen molar-refractivity contribution in [1.29, 1.82) is 0 Å². The molecule has 0 saturated carbocycles. The zero-order chi connectivity index (χ0) is 19.6. The van der Waals surface area contributed by atoms with Crippen LogP contribution in [0.15, 0.2) is 12.1 Å². The molecule has 27 heavy (non-hydrogen) atoms. The average Bonchev–Trinajstić information content (AvgIpc) is 2.63. The molecule has 2 fully saturated rings. The van der Waals surface area contributed by atoms with E-state index in [2.05, 4.69) is 18.7 Å². The minimum atomic E-state index is -0.0409. The quantitative estimate of drug-likeness (QED) is 0.794. The summed E-state index contributed by atoms with van der Waals surface area (Å²) >= 11 is 6.11. The third-order valence-corrected chi connectivity index (χ3v) is 5.79. The Kier molecular flexibility index (Phi) is 6.50. The van der Waals surface area contributed by atoms with E-state index in [1.807, 2.05) is 4.90 Å². The van der Waals surface area contributed by atoms with E-state index in [1.54, 1.807) is 12.1 Å². The number of anilines is 1. The standard InChI is InChI=1S/C20H30ClN3O3/c1-13-10-23(11-14(2)27-13)12-15-4-6-24(7-5-15)20(25)16-8-17(21)18(22)9-19(16)26-3/h8-9,13-15H,4-7,10-12,22H2,1-3H3. The fourth-order valence-electron chi connectivity index (χ4n) is 4.19. The molecule has 0 aromatic heterocycles. The van der Waals surface area contributed by atoms with Crippen LogP contribution in [-0.4, -0.2) is 67.7 Å². The third-order valence-electron chi connectivity index (χ3n) is 5.46. The minimum absolute atomic E-state index is 0.0409. The van der Waals surface area contributed by atoms with Crippen molar-refractivity contribution in [3.8, 4) is 5.75 Å². The van der Waals surface area contributed by atoms with E-state index in [4.69, 9.17) is 26.8 Å². The number of methoxy groups -OCH3 is 1. The van der Waals surface area contributed by atoms with Crippen molar-refractivity contribution in [2.75, 3.05) is 45.6 Å². The maximum atomic E-state index is 12.9. The van der Waals surface area contributed by atoms with Gasteiger partial charge < -0.3 is 20.1 Å². The lowest BCUT2D eigenvalue weighted by Crippen LogP contribution is -2.48. The predicted molar refractivity (Wildman–Crippen MR) is 107 cm³/mol. The summed E-state index contributed by atoms with van der Waals surface area (Å²) in [5.74, 6) is 1.05. The topological polar surface area (TPSA) is 68.0 Å².